The number of hydrogen-bond acceptors (Lipinski definition) is 2. The smallest absolute Gasteiger partial charge is 0.423 e. The number of ether oxygens (including phenoxy) is 1. The van der Waals surface area contributed by atoms with Crippen molar-refractivity contribution in [1.29, 1.82) is 0 Å². The maximum absolute atomic E-state index is 12.7. The fourth-order valence-electron chi connectivity index (χ4n) is 1.40. The van der Waals surface area contributed by atoms with Crippen molar-refractivity contribution in [3.8, 4) is 5.75 Å². The highest BCUT2D eigenvalue weighted by Gasteiger charge is 2.75. The Morgan fingerprint density at radius 2 is 1.52 bits per heavy atom. The van der Waals surface area contributed by atoms with Crippen LogP contribution in [0.25, 0.3) is 0 Å². The Balaban J connectivity index is 3.24. The topological polar surface area (TPSA) is 26.3 Å². The van der Waals surface area contributed by atoms with Crippen LogP contribution in [-0.4, -0.2) is 22.6 Å². The highest BCUT2D eigenvalue weighted by Crippen LogP contribution is 2.50. The Morgan fingerprint density at radius 1 is 1.05 bits per heavy atom. The predicted molar refractivity (Wildman–Crippen MR) is 65.3 cm³/mol. The lowest BCUT2D eigenvalue weighted by molar-refractivity contribution is -0.259. The van der Waals surface area contributed by atoms with Crippen LogP contribution in [0.15, 0.2) is 18.2 Å². The average Bonchev–Trinajstić information content (AvgIpc) is 2.31. The van der Waals surface area contributed by atoms with E-state index in [4.69, 9.17) is 0 Å². The zero-order valence-corrected chi connectivity index (χ0v) is 12.3. The summed E-state index contributed by atoms with van der Waals surface area (Å²) < 4.78 is 75.5. The molecule has 21 heavy (non-hydrogen) atoms. The van der Waals surface area contributed by atoms with E-state index >= 15 is 0 Å². The monoisotopic (exact) mass is 378 g/mol. The lowest BCUT2D eigenvalue weighted by atomic mass is 10.1. The van der Waals surface area contributed by atoms with Gasteiger partial charge in [-0.25, -0.2) is 4.79 Å². The molecule has 0 saturated carbocycles. The van der Waals surface area contributed by atoms with Crippen molar-refractivity contribution in [3.05, 3.63) is 29.3 Å². The van der Waals surface area contributed by atoms with Gasteiger partial charge in [0.05, 0.1) is 0 Å². The molecule has 118 valence electrons. The van der Waals surface area contributed by atoms with Crippen molar-refractivity contribution >= 4 is 21.9 Å². The quantitative estimate of drug-likeness (QED) is 0.328. The molecule has 0 bridgehead atoms. The molecule has 0 unspecified atom stereocenters. The summed E-state index contributed by atoms with van der Waals surface area (Å²) in [7, 11) is 0. The summed E-state index contributed by atoms with van der Waals surface area (Å²) in [4.78, 5) is 11.5. The second-order valence-electron chi connectivity index (χ2n) is 4.24. The van der Waals surface area contributed by atoms with Gasteiger partial charge in [0.15, 0.2) is 0 Å². The summed E-state index contributed by atoms with van der Waals surface area (Å²) in [6, 6.07) is 4.03. The van der Waals surface area contributed by atoms with E-state index in [1.165, 1.54) is 28.9 Å². The summed E-state index contributed by atoms with van der Waals surface area (Å²) in [6.07, 6.45) is -11.8. The Labute approximate surface area is 124 Å². The fourth-order valence-corrected chi connectivity index (χ4v) is 1.48. The molecule has 0 radical (unpaired) electrons. The number of hydrogen-bond donors (Lipinski definition) is 0. The minimum Gasteiger partial charge on any atom is -0.425 e. The number of alkyl halides is 7. The molecule has 1 aromatic carbocycles. The van der Waals surface area contributed by atoms with Gasteiger partial charge in [-0.1, -0.05) is 28.1 Å². The van der Waals surface area contributed by atoms with Crippen LogP contribution >= 0.6 is 15.9 Å². The zero-order valence-electron chi connectivity index (χ0n) is 10.7. The Bertz CT molecular complexity index is 536. The summed E-state index contributed by atoms with van der Waals surface area (Å²) in [6.45, 7) is 2.98. The molecule has 0 N–H and O–H groups in total. The van der Waals surface area contributed by atoms with E-state index < -0.39 is 22.6 Å². The van der Waals surface area contributed by atoms with Gasteiger partial charge < -0.3 is 4.74 Å². The molecule has 0 spiro atoms. The molecule has 0 atom stereocenters. The first-order valence-electron chi connectivity index (χ1n) is 5.43. The van der Waals surface area contributed by atoms with Crippen molar-refractivity contribution < 1.29 is 35.9 Å². The molecule has 0 aliphatic rings. The molecule has 1 rings (SSSR count). The Hall–Kier alpha value is -1.25. The average molecular weight is 379 g/mol. The molecule has 2 nitrogen and oxygen atoms in total. The highest BCUT2D eigenvalue weighted by atomic mass is 79.9. The summed E-state index contributed by atoms with van der Waals surface area (Å²) in [5.74, 6) is -2.85. The molecule has 0 aromatic heterocycles. The molecular formula is C12H9BrF6O2. The number of rotatable bonds is 2. The molecule has 1 aromatic rings. The van der Waals surface area contributed by atoms with Crippen molar-refractivity contribution in [2.45, 2.75) is 30.5 Å². The van der Waals surface area contributed by atoms with E-state index in [9.17, 15) is 31.1 Å². The largest absolute Gasteiger partial charge is 0.425 e. The second kappa shape index (κ2) is 5.51. The van der Waals surface area contributed by atoms with Crippen LogP contribution in [0.3, 0.4) is 0 Å². The van der Waals surface area contributed by atoms with Crippen LogP contribution in [0.1, 0.15) is 11.1 Å². The van der Waals surface area contributed by atoms with Crippen LogP contribution in [0.2, 0.25) is 0 Å². The third kappa shape index (κ3) is 3.17. The van der Waals surface area contributed by atoms with Gasteiger partial charge >= 0.3 is 22.6 Å². The normalized spacial score (nSPS) is 13.2. The first-order valence-corrected chi connectivity index (χ1v) is 6.22. The number of halogens is 7. The summed E-state index contributed by atoms with van der Waals surface area (Å²) >= 11 is 1.47. The minimum absolute atomic E-state index is 0.269. The van der Waals surface area contributed by atoms with Crippen LogP contribution in [0.4, 0.5) is 26.3 Å². The molecule has 9 heteroatoms. The molecule has 0 aliphatic heterocycles. The van der Waals surface area contributed by atoms with E-state index in [2.05, 4.69) is 4.74 Å². The Morgan fingerprint density at radius 3 is 1.95 bits per heavy atom. The van der Waals surface area contributed by atoms with Crippen molar-refractivity contribution in [2.75, 3.05) is 0 Å². The van der Waals surface area contributed by atoms with Gasteiger partial charge in [0.1, 0.15) is 5.75 Å². The van der Waals surface area contributed by atoms with Crippen molar-refractivity contribution in [2.24, 2.45) is 0 Å². The molecular weight excluding hydrogens is 370 g/mol. The lowest BCUT2D eigenvalue weighted by Crippen LogP contribution is -2.59. The van der Waals surface area contributed by atoms with Crippen molar-refractivity contribution in [3.63, 3.8) is 0 Å². The molecule has 0 aliphatic carbocycles. The van der Waals surface area contributed by atoms with Gasteiger partial charge in [-0.05, 0) is 31.0 Å². The summed E-state index contributed by atoms with van der Waals surface area (Å²) in [5.41, 5.74) is 0.824. The SMILES string of the molecule is Cc1cccc(OC(=O)C(Br)(C(F)(F)F)C(F)(F)F)c1C. The van der Waals surface area contributed by atoms with Gasteiger partial charge in [-0.15, -0.1) is 0 Å². The minimum atomic E-state index is -5.90. The second-order valence-corrected chi connectivity index (χ2v) is 5.43. The van der Waals surface area contributed by atoms with Gasteiger partial charge in [-0.2, -0.15) is 26.3 Å². The van der Waals surface area contributed by atoms with Gasteiger partial charge in [0, 0.05) is 0 Å². The third-order valence-corrected chi connectivity index (χ3v) is 4.04. The first-order chi connectivity index (χ1) is 9.32. The van der Waals surface area contributed by atoms with E-state index in [0.29, 0.717) is 5.56 Å². The first kappa shape index (κ1) is 17.8. The summed E-state index contributed by atoms with van der Waals surface area (Å²) in [5, 5.41) is 0. The highest BCUT2D eigenvalue weighted by molar-refractivity contribution is 9.10. The fraction of sp³-hybridized carbons (Fsp3) is 0.417. The van der Waals surface area contributed by atoms with Crippen LogP contribution in [0, 0.1) is 13.8 Å². The number of aryl methyl sites for hydroxylation is 1. The molecule has 0 heterocycles. The van der Waals surface area contributed by atoms with E-state index in [-0.39, 0.29) is 11.3 Å². The van der Waals surface area contributed by atoms with E-state index in [1.54, 1.807) is 13.0 Å². The number of carbonyl (C=O) groups is 1. The zero-order chi connectivity index (χ0) is 16.6. The molecule has 0 saturated heterocycles. The van der Waals surface area contributed by atoms with Crippen LogP contribution in [-0.2, 0) is 4.79 Å². The Kier molecular flexibility index (Phi) is 4.67. The van der Waals surface area contributed by atoms with Crippen molar-refractivity contribution in [1.82, 2.24) is 0 Å². The maximum atomic E-state index is 12.7. The maximum Gasteiger partial charge on any atom is 0.423 e. The number of carbonyl (C=O) groups excluding carboxylic acids is 1. The standard InChI is InChI=1S/C12H9BrF6O2/c1-6-4-3-5-8(7(6)2)21-9(20)10(13,11(14,15)16)12(17,18)19/h3-5H,1-2H3. The molecule has 0 amide bonds. The van der Waals surface area contributed by atoms with Gasteiger partial charge in [0.2, 0.25) is 0 Å². The van der Waals surface area contributed by atoms with E-state index in [1.807, 2.05) is 0 Å². The molecule has 0 fully saturated rings. The predicted octanol–water partition coefficient (Wildman–Crippen LogP) is 4.47. The van der Waals surface area contributed by atoms with Gasteiger partial charge in [-0.3, -0.25) is 0 Å². The van der Waals surface area contributed by atoms with Crippen LogP contribution < -0.4 is 4.74 Å². The lowest BCUT2D eigenvalue weighted by Gasteiger charge is -2.29. The third-order valence-electron chi connectivity index (χ3n) is 2.82. The van der Waals surface area contributed by atoms with E-state index in [0.717, 1.165) is 6.07 Å². The number of esters is 1. The van der Waals surface area contributed by atoms with Crippen LogP contribution in [0.5, 0.6) is 5.75 Å². The van der Waals surface area contributed by atoms with Gasteiger partial charge in [0.25, 0.3) is 0 Å². The number of benzene rings is 1.